The lowest BCUT2D eigenvalue weighted by atomic mass is 10.0. The first-order chi connectivity index (χ1) is 17.7. The minimum atomic E-state index is -0.579. The van der Waals surface area contributed by atoms with Crippen molar-refractivity contribution in [3.05, 3.63) is 48.5 Å². The fraction of sp³-hybridized carbons (Fsp3) is 0.483. The topological polar surface area (TPSA) is 70.9 Å². The third kappa shape index (κ3) is 5.29. The van der Waals surface area contributed by atoms with Gasteiger partial charge in [0, 0.05) is 51.0 Å². The van der Waals surface area contributed by atoms with Gasteiger partial charge in [-0.15, -0.1) is 0 Å². The van der Waals surface area contributed by atoms with Crippen molar-refractivity contribution in [2.24, 2.45) is 7.05 Å². The summed E-state index contributed by atoms with van der Waals surface area (Å²) in [5, 5.41) is 0. The number of para-hydroxylation sites is 2. The van der Waals surface area contributed by atoms with Gasteiger partial charge in [0.2, 0.25) is 5.91 Å². The molecule has 1 aromatic heterocycles. The minimum Gasteiger partial charge on any atom is -0.444 e. The second-order valence-electron chi connectivity index (χ2n) is 11.0. The van der Waals surface area contributed by atoms with Crippen LogP contribution in [0.4, 0.5) is 10.5 Å². The molecule has 1 atom stereocenters. The number of fused-ring (bicyclic) bond motifs is 1. The van der Waals surface area contributed by atoms with Gasteiger partial charge in [0.15, 0.2) is 0 Å². The molecule has 8 heteroatoms. The predicted molar refractivity (Wildman–Crippen MR) is 146 cm³/mol. The van der Waals surface area contributed by atoms with E-state index < -0.39 is 11.6 Å². The third-order valence-electron chi connectivity index (χ3n) is 7.26. The number of benzene rings is 2. The Bertz CT molecular complexity index is 1290. The van der Waals surface area contributed by atoms with E-state index in [1.165, 1.54) is 0 Å². The van der Waals surface area contributed by atoms with Crippen molar-refractivity contribution in [1.29, 1.82) is 0 Å². The van der Waals surface area contributed by atoms with Crippen LogP contribution in [0.2, 0.25) is 0 Å². The SMILES string of the molecule is Cn1c(-c2cccc(N3CCN(C(=O)[C@H]4CCCCN4C(=O)OC(C)(C)C)CC3)c2)nc2ccccc21. The summed E-state index contributed by atoms with van der Waals surface area (Å²) in [6, 6.07) is 16.2. The van der Waals surface area contributed by atoms with Gasteiger partial charge in [0.25, 0.3) is 0 Å². The number of piperazine rings is 1. The minimum absolute atomic E-state index is 0.0404. The van der Waals surface area contributed by atoms with Gasteiger partial charge in [-0.1, -0.05) is 24.3 Å². The number of imidazole rings is 1. The van der Waals surface area contributed by atoms with E-state index in [2.05, 4.69) is 39.8 Å². The molecule has 2 aromatic carbocycles. The largest absolute Gasteiger partial charge is 0.444 e. The monoisotopic (exact) mass is 503 g/mol. The Balaban J connectivity index is 1.26. The number of carbonyl (C=O) groups excluding carboxylic acids is 2. The van der Waals surface area contributed by atoms with E-state index in [-0.39, 0.29) is 12.0 Å². The van der Waals surface area contributed by atoms with Crippen LogP contribution >= 0.6 is 0 Å². The molecule has 0 aliphatic carbocycles. The van der Waals surface area contributed by atoms with E-state index in [0.717, 1.165) is 54.0 Å². The highest BCUT2D eigenvalue weighted by atomic mass is 16.6. The first-order valence-corrected chi connectivity index (χ1v) is 13.3. The molecule has 2 amide bonds. The number of rotatable bonds is 3. The Morgan fingerprint density at radius 3 is 2.43 bits per heavy atom. The molecule has 0 saturated carbocycles. The molecule has 2 fully saturated rings. The summed E-state index contributed by atoms with van der Waals surface area (Å²) in [5.41, 5.74) is 3.72. The average molecular weight is 504 g/mol. The predicted octanol–water partition coefficient (Wildman–Crippen LogP) is 4.68. The van der Waals surface area contributed by atoms with Crippen molar-refractivity contribution < 1.29 is 14.3 Å². The highest BCUT2D eigenvalue weighted by molar-refractivity contribution is 5.86. The van der Waals surface area contributed by atoms with Crippen LogP contribution in [0.25, 0.3) is 22.4 Å². The summed E-state index contributed by atoms with van der Waals surface area (Å²) in [7, 11) is 2.05. The summed E-state index contributed by atoms with van der Waals surface area (Å²) in [6.07, 6.45) is 2.16. The van der Waals surface area contributed by atoms with Gasteiger partial charge >= 0.3 is 6.09 Å². The molecule has 0 bridgehead atoms. The van der Waals surface area contributed by atoms with Crippen LogP contribution in [0.3, 0.4) is 0 Å². The Morgan fingerprint density at radius 1 is 0.946 bits per heavy atom. The number of amides is 2. The molecule has 37 heavy (non-hydrogen) atoms. The quantitative estimate of drug-likeness (QED) is 0.519. The van der Waals surface area contributed by atoms with Crippen molar-refractivity contribution in [3.63, 3.8) is 0 Å². The average Bonchev–Trinajstić information content (AvgIpc) is 3.24. The van der Waals surface area contributed by atoms with Gasteiger partial charge in [0.05, 0.1) is 11.0 Å². The number of hydrogen-bond donors (Lipinski definition) is 0. The number of hydrogen-bond acceptors (Lipinski definition) is 5. The summed E-state index contributed by atoms with van der Waals surface area (Å²) >= 11 is 0. The normalized spacial score (nSPS) is 18.8. The maximum absolute atomic E-state index is 13.5. The number of aromatic nitrogens is 2. The van der Waals surface area contributed by atoms with Gasteiger partial charge in [0.1, 0.15) is 17.5 Å². The molecule has 2 aliphatic heterocycles. The lowest BCUT2D eigenvalue weighted by Crippen LogP contribution is -2.57. The number of ether oxygens (including phenoxy) is 1. The van der Waals surface area contributed by atoms with E-state index >= 15 is 0 Å². The Kier molecular flexibility index (Phi) is 6.84. The van der Waals surface area contributed by atoms with Crippen molar-refractivity contribution in [2.45, 2.75) is 51.7 Å². The van der Waals surface area contributed by atoms with Crippen molar-refractivity contribution >= 4 is 28.7 Å². The van der Waals surface area contributed by atoms with Crippen LogP contribution in [0, 0.1) is 0 Å². The van der Waals surface area contributed by atoms with E-state index in [4.69, 9.17) is 9.72 Å². The van der Waals surface area contributed by atoms with Crippen molar-refractivity contribution in [1.82, 2.24) is 19.4 Å². The zero-order valence-corrected chi connectivity index (χ0v) is 22.3. The molecular weight excluding hydrogens is 466 g/mol. The molecule has 0 radical (unpaired) electrons. The molecule has 2 saturated heterocycles. The lowest BCUT2D eigenvalue weighted by Gasteiger charge is -2.41. The number of piperidine rings is 1. The first kappa shape index (κ1) is 25.1. The van der Waals surface area contributed by atoms with Crippen LogP contribution in [0.5, 0.6) is 0 Å². The summed E-state index contributed by atoms with van der Waals surface area (Å²) < 4.78 is 7.73. The molecule has 2 aliphatic rings. The van der Waals surface area contributed by atoms with Crippen LogP contribution in [0.15, 0.2) is 48.5 Å². The summed E-state index contributed by atoms with van der Waals surface area (Å²) in [5.74, 6) is 0.982. The number of anilines is 1. The van der Waals surface area contributed by atoms with Crippen molar-refractivity contribution in [3.8, 4) is 11.4 Å². The molecule has 0 unspecified atom stereocenters. The lowest BCUT2D eigenvalue weighted by molar-refractivity contribution is -0.138. The van der Waals surface area contributed by atoms with Gasteiger partial charge in [-0.3, -0.25) is 9.69 Å². The number of carbonyl (C=O) groups is 2. The molecule has 8 nitrogen and oxygen atoms in total. The third-order valence-corrected chi connectivity index (χ3v) is 7.26. The summed E-state index contributed by atoms with van der Waals surface area (Å²) in [6.45, 7) is 8.90. The molecule has 3 heterocycles. The summed E-state index contributed by atoms with van der Waals surface area (Å²) in [4.78, 5) is 37.0. The van der Waals surface area contributed by atoms with Gasteiger partial charge in [-0.25, -0.2) is 9.78 Å². The zero-order chi connectivity index (χ0) is 26.2. The van der Waals surface area contributed by atoms with Gasteiger partial charge in [-0.05, 0) is 64.3 Å². The highest BCUT2D eigenvalue weighted by Crippen LogP contribution is 2.28. The Morgan fingerprint density at radius 2 is 1.70 bits per heavy atom. The smallest absolute Gasteiger partial charge is 0.410 e. The molecule has 196 valence electrons. The molecular formula is C29H37N5O3. The molecule has 0 spiro atoms. The highest BCUT2D eigenvalue weighted by Gasteiger charge is 2.37. The second kappa shape index (κ2) is 10.1. The fourth-order valence-electron chi connectivity index (χ4n) is 5.37. The Labute approximate surface area is 218 Å². The van der Waals surface area contributed by atoms with E-state index in [1.807, 2.05) is 50.9 Å². The van der Waals surface area contributed by atoms with Crippen LogP contribution in [-0.2, 0) is 16.6 Å². The van der Waals surface area contributed by atoms with E-state index in [0.29, 0.717) is 26.1 Å². The molecule has 5 rings (SSSR count). The number of nitrogens with zero attached hydrogens (tertiary/aromatic N) is 5. The van der Waals surface area contributed by atoms with Gasteiger partial charge < -0.3 is 19.1 Å². The van der Waals surface area contributed by atoms with Crippen molar-refractivity contribution in [2.75, 3.05) is 37.6 Å². The van der Waals surface area contributed by atoms with E-state index in [1.54, 1.807) is 4.90 Å². The maximum atomic E-state index is 13.5. The molecule has 0 N–H and O–H groups in total. The Hall–Kier alpha value is -3.55. The van der Waals surface area contributed by atoms with E-state index in [9.17, 15) is 9.59 Å². The number of aryl methyl sites for hydroxylation is 1. The standard InChI is InChI=1S/C29H37N5O3/c1-29(2,3)37-28(36)34-15-8-7-14-25(34)27(35)33-18-16-32(17-19-33)22-11-9-10-21(20-22)26-30-23-12-5-6-13-24(23)31(26)4/h5-6,9-13,20,25H,7-8,14-19H2,1-4H3/t25-/m1/s1. The second-order valence-corrected chi connectivity index (χ2v) is 11.0. The van der Waals surface area contributed by atoms with Gasteiger partial charge in [-0.2, -0.15) is 0 Å². The molecule has 3 aromatic rings. The van der Waals surface area contributed by atoms with Crippen LogP contribution in [0.1, 0.15) is 40.0 Å². The first-order valence-electron chi connectivity index (χ1n) is 13.3. The fourth-order valence-corrected chi connectivity index (χ4v) is 5.37. The zero-order valence-electron chi connectivity index (χ0n) is 22.3. The van der Waals surface area contributed by atoms with Crippen LogP contribution in [-0.4, -0.2) is 75.7 Å². The van der Waals surface area contributed by atoms with Crippen LogP contribution < -0.4 is 4.90 Å². The maximum Gasteiger partial charge on any atom is 0.410 e. The number of likely N-dealkylation sites (tertiary alicyclic amines) is 1.